The highest BCUT2D eigenvalue weighted by molar-refractivity contribution is 6.30. The van der Waals surface area contributed by atoms with Crippen LogP contribution in [0.25, 0.3) is 0 Å². The molecule has 80 valence electrons. The first kappa shape index (κ1) is 12.2. The van der Waals surface area contributed by atoms with Gasteiger partial charge in [-0.15, -0.1) is 12.3 Å². The van der Waals surface area contributed by atoms with Crippen molar-refractivity contribution in [3.8, 4) is 12.3 Å². The van der Waals surface area contributed by atoms with Gasteiger partial charge < -0.3 is 0 Å². The normalized spacial score (nSPS) is 11.1. The van der Waals surface area contributed by atoms with Gasteiger partial charge in [-0.2, -0.15) is 4.98 Å². The fourth-order valence-corrected chi connectivity index (χ4v) is 1.37. The van der Waals surface area contributed by atoms with Crippen LogP contribution >= 0.6 is 23.2 Å². The van der Waals surface area contributed by atoms with Crippen molar-refractivity contribution in [2.24, 2.45) is 5.41 Å². The maximum atomic E-state index is 5.65. The molecule has 15 heavy (non-hydrogen) atoms. The minimum atomic E-state index is -0.175. The lowest BCUT2D eigenvalue weighted by atomic mass is 9.89. The van der Waals surface area contributed by atoms with Crippen molar-refractivity contribution in [3.05, 3.63) is 16.4 Å². The summed E-state index contributed by atoms with van der Waals surface area (Å²) in [6.45, 7) is 3.97. The Balaban J connectivity index is 2.71. The van der Waals surface area contributed by atoms with E-state index in [1.54, 1.807) is 0 Å². The summed E-state index contributed by atoms with van der Waals surface area (Å²) in [5.41, 5.74) is -0.175. The lowest BCUT2D eigenvalue weighted by molar-refractivity contribution is 0.453. The zero-order valence-electron chi connectivity index (χ0n) is 8.59. The third-order valence-electron chi connectivity index (χ3n) is 1.99. The molecule has 0 aliphatic heterocycles. The molecule has 1 aromatic rings. The van der Waals surface area contributed by atoms with Gasteiger partial charge in [-0.05, 0) is 43.5 Å². The smallest absolute Gasteiger partial charge is 0.203 e. The van der Waals surface area contributed by atoms with Crippen molar-refractivity contribution in [1.82, 2.24) is 15.0 Å². The standard InChI is InChI=1S/C10H11Cl2N3/c1-4-10(2,3)6-5-7-13-8(11)15-9(12)14-7/h1H,5-6H2,2-3H3. The molecule has 5 heteroatoms. The van der Waals surface area contributed by atoms with Crippen LogP contribution in [-0.2, 0) is 6.42 Å². The predicted octanol–water partition coefficient (Wildman–Crippen LogP) is 2.77. The molecule has 0 bridgehead atoms. The number of aromatic nitrogens is 3. The SMILES string of the molecule is C#CC(C)(C)CCc1nc(Cl)nc(Cl)n1. The molecule has 0 saturated carbocycles. The van der Waals surface area contributed by atoms with E-state index < -0.39 is 0 Å². The van der Waals surface area contributed by atoms with Gasteiger partial charge in [-0.3, -0.25) is 0 Å². The monoisotopic (exact) mass is 243 g/mol. The molecule has 0 spiro atoms. The van der Waals surface area contributed by atoms with Gasteiger partial charge in [0.25, 0.3) is 0 Å². The van der Waals surface area contributed by atoms with Crippen LogP contribution in [0.4, 0.5) is 0 Å². The van der Waals surface area contributed by atoms with Crippen molar-refractivity contribution in [3.63, 3.8) is 0 Å². The lowest BCUT2D eigenvalue weighted by Gasteiger charge is -2.15. The second kappa shape index (κ2) is 4.78. The van der Waals surface area contributed by atoms with Crippen LogP contribution in [0.1, 0.15) is 26.1 Å². The largest absolute Gasteiger partial charge is 0.226 e. The summed E-state index contributed by atoms with van der Waals surface area (Å²) in [4.78, 5) is 11.6. The van der Waals surface area contributed by atoms with Crippen LogP contribution in [0.15, 0.2) is 0 Å². The minimum Gasteiger partial charge on any atom is -0.203 e. The first-order chi connectivity index (χ1) is 6.93. The molecule has 1 aromatic heterocycles. The molecule has 0 saturated heterocycles. The average Bonchev–Trinajstić information content (AvgIpc) is 2.14. The second-order valence-electron chi connectivity index (χ2n) is 3.82. The van der Waals surface area contributed by atoms with E-state index in [1.165, 1.54) is 0 Å². The highest BCUT2D eigenvalue weighted by Gasteiger charge is 2.15. The Labute approximate surface area is 99.3 Å². The van der Waals surface area contributed by atoms with E-state index in [1.807, 2.05) is 13.8 Å². The summed E-state index contributed by atoms with van der Waals surface area (Å²) in [6.07, 6.45) is 6.79. The lowest BCUT2D eigenvalue weighted by Crippen LogP contribution is -2.11. The van der Waals surface area contributed by atoms with Gasteiger partial charge in [0.15, 0.2) is 0 Å². The molecule has 0 aliphatic rings. The Hall–Kier alpha value is -0.850. The quantitative estimate of drug-likeness (QED) is 0.767. The first-order valence-electron chi connectivity index (χ1n) is 4.47. The topological polar surface area (TPSA) is 38.7 Å². The number of rotatable bonds is 3. The Kier molecular flexibility index (Phi) is 3.90. The van der Waals surface area contributed by atoms with Gasteiger partial charge >= 0.3 is 0 Å². The molecule has 1 rings (SSSR count). The Morgan fingerprint density at radius 2 is 1.73 bits per heavy atom. The number of hydrogen-bond donors (Lipinski definition) is 0. The van der Waals surface area contributed by atoms with E-state index in [4.69, 9.17) is 29.6 Å². The highest BCUT2D eigenvalue weighted by Crippen LogP contribution is 2.20. The number of halogens is 2. The van der Waals surface area contributed by atoms with Crippen LogP contribution in [-0.4, -0.2) is 15.0 Å². The van der Waals surface area contributed by atoms with E-state index >= 15 is 0 Å². The average molecular weight is 244 g/mol. The van der Waals surface area contributed by atoms with Crippen LogP contribution in [0.5, 0.6) is 0 Å². The summed E-state index contributed by atoms with van der Waals surface area (Å²) < 4.78 is 0. The third kappa shape index (κ3) is 4.03. The first-order valence-corrected chi connectivity index (χ1v) is 5.22. The molecular weight excluding hydrogens is 233 g/mol. The number of terminal acetylenes is 1. The third-order valence-corrected chi connectivity index (χ3v) is 2.33. The van der Waals surface area contributed by atoms with E-state index in [0.29, 0.717) is 12.2 Å². The molecule has 0 amide bonds. The minimum absolute atomic E-state index is 0.114. The highest BCUT2D eigenvalue weighted by atomic mass is 35.5. The van der Waals surface area contributed by atoms with Gasteiger partial charge in [0, 0.05) is 11.8 Å². The molecule has 1 heterocycles. The van der Waals surface area contributed by atoms with Crippen molar-refractivity contribution in [1.29, 1.82) is 0 Å². The van der Waals surface area contributed by atoms with Crippen LogP contribution in [0.3, 0.4) is 0 Å². The Bertz CT molecular complexity index is 376. The van der Waals surface area contributed by atoms with Gasteiger partial charge in [0.05, 0.1) is 0 Å². The molecule has 0 aromatic carbocycles. The number of nitrogens with zero attached hydrogens (tertiary/aromatic N) is 3. The van der Waals surface area contributed by atoms with Crippen molar-refractivity contribution in [2.75, 3.05) is 0 Å². The summed E-state index contributed by atoms with van der Waals surface area (Å²) in [5, 5.41) is 0.229. The fourth-order valence-electron chi connectivity index (χ4n) is 0.972. The molecule has 0 radical (unpaired) electrons. The summed E-state index contributed by atoms with van der Waals surface area (Å²) in [7, 11) is 0. The summed E-state index contributed by atoms with van der Waals surface area (Å²) in [5.74, 6) is 3.28. The molecule has 0 N–H and O–H groups in total. The van der Waals surface area contributed by atoms with Gasteiger partial charge in [-0.1, -0.05) is 0 Å². The zero-order valence-corrected chi connectivity index (χ0v) is 10.1. The summed E-state index contributed by atoms with van der Waals surface area (Å²) >= 11 is 11.3. The van der Waals surface area contributed by atoms with E-state index in [9.17, 15) is 0 Å². The molecule has 0 aliphatic carbocycles. The van der Waals surface area contributed by atoms with Crippen molar-refractivity contribution in [2.45, 2.75) is 26.7 Å². The molecule has 0 atom stereocenters. The van der Waals surface area contributed by atoms with Crippen LogP contribution in [0, 0.1) is 17.8 Å². The molecule has 0 unspecified atom stereocenters. The zero-order chi connectivity index (χ0) is 11.5. The van der Waals surface area contributed by atoms with E-state index in [2.05, 4.69) is 20.9 Å². The predicted molar refractivity (Wildman–Crippen MR) is 60.8 cm³/mol. The van der Waals surface area contributed by atoms with Gasteiger partial charge in [0.2, 0.25) is 10.6 Å². The molecule has 0 fully saturated rings. The number of hydrogen-bond acceptors (Lipinski definition) is 3. The number of aryl methyl sites for hydroxylation is 1. The summed E-state index contributed by atoms with van der Waals surface area (Å²) in [6, 6.07) is 0. The Morgan fingerprint density at radius 3 is 2.20 bits per heavy atom. The maximum absolute atomic E-state index is 5.65. The van der Waals surface area contributed by atoms with Gasteiger partial charge in [0.1, 0.15) is 5.82 Å². The Morgan fingerprint density at radius 1 is 1.20 bits per heavy atom. The van der Waals surface area contributed by atoms with Crippen molar-refractivity contribution >= 4 is 23.2 Å². The molecular formula is C10H11Cl2N3. The van der Waals surface area contributed by atoms with Crippen LogP contribution in [0.2, 0.25) is 10.6 Å². The fraction of sp³-hybridized carbons (Fsp3) is 0.500. The van der Waals surface area contributed by atoms with Crippen LogP contribution < -0.4 is 0 Å². The maximum Gasteiger partial charge on any atom is 0.226 e. The molecule has 3 nitrogen and oxygen atoms in total. The van der Waals surface area contributed by atoms with Crippen molar-refractivity contribution < 1.29 is 0 Å². The van der Waals surface area contributed by atoms with E-state index in [-0.39, 0.29) is 16.0 Å². The second-order valence-corrected chi connectivity index (χ2v) is 4.49. The van der Waals surface area contributed by atoms with Gasteiger partial charge in [-0.25, -0.2) is 9.97 Å². The van der Waals surface area contributed by atoms with E-state index in [0.717, 1.165) is 6.42 Å².